The van der Waals surface area contributed by atoms with E-state index >= 15 is 0 Å². The molecule has 0 spiro atoms. The van der Waals surface area contributed by atoms with Gasteiger partial charge in [-0.25, -0.2) is 4.98 Å². The van der Waals surface area contributed by atoms with Crippen LogP contribution in [0.3, 0.4) is 0 Å². The molecule has 10 heteroatoms. The average Bonchev–Trinajstić information content (AvgIpc) is 3.41. The molecule has 144 valence electrons. The first-order valence-corrected chi connectivity index (χ1v) is 10.8. The van der Waals surface area contributed by atoms with Crippen molar-refractivity contribution in [2.45, 2.75) is 17.1 Å². The van der Waals surface area contributed by atoms with Crippen molar-refractivity contribution < 1.29 is 13.2 Å². The minimum atomic E-state index is -4.33. The predicted molar refractivity (Wildman–Crippen MR) is 106 cm³/mol. The molecule has 0 aliphatic heterocycles. The summed E-state index contributed by atoms with van der Waals surface area (Å²) in [6.45, 7) is 0. The summed E-state index contributed by atoms with van der Waals surface area (Å²) < 4.78 is 40.0. The van der Waals surface area contributed by atoms with Crippen molar-refractivity contribution in [3.05, 3.63) is 58.4 Å². The summed E-state index contributed by atoms with van der Waals surface area (Å²) in [4.78, 5) is 5.59. The standard InChI is InChI=1S/C18H13F3N4S3/c1-25-15(14-3-2-8-26-14)23-24-17(25)28-10-13-9-27-16(22-13)11-4-6-12(7-5-11)18(19,20)21/h2-9H,10H2,1H3. The quantitative estimate of drug-likeness (QED) is 0.360. The number of benzene rings is 1. The number of hydrogen-bond acceptors (Lipinski definition) is 6. The van der Waals surface area contributed by atoms with Gasteiger partial charge < -0.3 is 4.57 Å². The maximum absolute atomic E-state index is 12.7. The fourth-order valence-corrected chi connectivity index (χ4v) is 4.99. The third kappa shape index (κ3) is 3.98. The molecule has 0 radical (unpaired) electrons. The van der Waals surface area contributed by atoms with Crippen LogP contribution in [0.5, 0.6) is 0 Å². The lowest BCUT2D eigenvalue weighted by Crippen LogP contribution is -2.03. The first-order chi connectivity index (χ1) is 13.4. The van der Waals surface area contributed by atoms with Crippen LogP contribution in [0, 0.1) is 0 Å². The Balaban J connectivity index is 1.44. The molecule has 3 heterocycles. The van der Waals surface area contributed by atoms with Gasteiger partial charge in [-0.1, -0.05) is 30.0 Å². The van der Waals surface area contributed by atoms with Gasteiger partial charge in [0.15, 0.2) is 11.0 Å². The molecule has 0 fully saturated rings. The van der Waals surface area contributed by atoms with Crippen molar-refractivity contribution in [3.8, 4) is 21.3 Å². The zero-order chi connectivity index (χ0) is 19.7. The van der Waals surface area contributed by atoms with Crippen LogP contribution in [0.15, 0.2) is 52.3 Å². The molecule has 4 nitrogen and oxygen atoms in total. The Labute approximate surface area is 171 Å². The van der Waals surface area contributed by atoms with E-state index in [9.17, 15) is 13.2 Å². The highest BCUT2D eigenvalue weighted by atomic mass is 32.2. The van der Waals surface area contributed by atoms with Crippen LogP contribution in [0.2, 0.25) is 0 Å². The molecular weight excluding hydrogens is 425 g/mol. The highest BCUT2D eigenvalue weighted by Gasteiger charge is 2.30. The smallest absolute Gasteiger partial charge is 0.304 e. The Hall–Kier alpha value is -2.17. The van der Waals surface area contributed by atoms with E-state index in [1.165, 1.54) is 35.2 Å². The molecule has 4 aromatic rings. The van der Waals surface area contributed by atoms with Crippen molar-refractivity contribution in [1.29, 1.82) is 0 Å². The number of thiazole rings is 1. The van der Waals surface area contributed by atoms with E-state index in [-0.39, 0.29) is 0 Å². The molecule has 4 rings (SSSR count). The lowest BCUT2D eigenvalue weighted by Gasteiger charge is -2.06. The van der Waals surface area contributed by atoms with E-state index < -0.39 is 11.7 Å². The van der Waals surface area contributed by atoms with Crippen LogP contribution in [0.4, 0.5) is 13.2 Å². The highest BCUT2D eigenvalue weighted by molar-refractivity contribution is 7.98. The Morgan fingerprint density at radius 2 is 1.86 bits per heavy atom. The minimum absolute atomic E-state index is 0.605. The fourth-order valence-electron chi connectivity index (χ4n) is 2.51. The van der Waals surface area contributed by atoms with E-state index in [1.54, 1.807) is 11.3 Å². The van der Waals surface area contributed by atoms with E-state index in [0.29, 0.717) is 16.3 Å². The highest BCUT2D eigenvalue weighted by Crippen LogP contribution is 2.33. The number of aromatic nitrogens is 4. The Morgan fingerprint density at radius 1 is 1.07 bits per heavy atom. The Morgan fingerprint density at radius 3 is 2.54 bits per heavy atom. The molecule has 0 unspecified atom stereocenters. The maximum Gasteiger partial charge on any atom is 0.416 e. The zero-order valence-corrected chi connectivity index (χ0v) is 16.9. The summed E-state index contributed by atoms with van der Waals surface area (Å²) >= 11 is 4.54. The SMILES string of the molecule is Cn1c(SCc2csc(-c3ccc(C(F)(F)F)cc3)n2)nnc1-c1cccs1. The van der Waals surface area contributed by atoms with Gasteiger partial charge in [0.05, 0.1) is 16.1 Å². The molecule has 0 atom stereocenters. The second-order valence-electron chi connectivity index (χ2n) is 5.85. The van der Waals surface area contributed by atoms with Gasteiger partial charge in [0.2, 0.25) is 0 Å². The molecule has 0 N–H and O–H groups in total. The lowest BCUT2D eigenvalue weighted by molar-refractivity contribution is -0.137. The van der Waals surface area contributed by atoms with Crippen LogP contribution in [-0.4, -0.2) is 19.7 Å². The Bertz CT molecular complexity index is 1070. The molecule has 3 aromatic heterocycles. The van der Waals surface area contributed by atoms with Crippen molar-refractivity contribution in [1.82, 2.24) is 19.7 Å². The number of thiophene rings is 1. The normalized spacial score (nSPS) is 11.9. The van der Waals surface area contributed by atoms with Crippen LogP contribution >= 0.6 is 34.4 Å². The van der Waals surface area contributed by atoms with E-state index in [0.717, 1.165) is 33.7 Å². The van der Waals surface area contributed by atoms with E-state index in [1.807, 2.05) is 34.5 Å². The summed E-state index contributed by atoms with van der Waals surface area (Å²) in [6, 6.07) is 9.04. The second-order valence-corrected chi connectivity index (χ2v) is 8.60. The van der Waals surface area contributed by atoms with E-state index in [2.05, 4.69) is 15.2 Å². The number of thioether (sulfide) groups is 1. The molecule has 0 amide bonds. The summed E-state index contributed by atoms with van der Waals surface area (Å²) in [5, 5.41) is 13.9. The molecule has 28 heavy (non-hydrogen) atoms. The average molecular weight is 439 g/mol. The summed E-state index contributed by atoms with van der Waals surface area (Å²) in [6.07, 6.45) is -4.33. The van der Waals surface area contributed by atoms with Gasteiger partial charge in [-0.3, -0.25) is 0 Å². The van der Waals surface area contributed by atoms with Crippen molar-refractivity contribution in [2.24, 2.45) is 7.05 Å². The van der Waals surface area contributed by atoms with Gasteiger partial charge in [0.1, 0.15) is 5.01 Å². The van der Waals surface area contributed by atoms with Gasteiger partial charge in [0, 0.05) is 23.7 Å². The first-order valence-electron chi connectivity index (χ1n) is 8.10. The number of nitrogens with zero attached hydrogens (tertiary/aromatic N) is 4. The largest absolute Gasteiger partial charge is 0.416 e. The number of alkyl halides is 3. The molecule has 0 saturated carbocycles. The van der Waals surface area contributed by atoms with Crippen LogP contribution < -0.4 is 0 Å². The molecular formula is C18H13F3N4S3. The second kappa shape index (κ2) is 7.69. The van der Waals surface area contributed by atoms with Gasteiger partial charge in [0.25, 0.3) is 0 Å². The van der Waals surface area contributed by atoms with E-state index in [4.69, 9.17) is 0 Å². The number of halogens is 3. The number of hydrogen-bond donors (Lipinski definition) is 0. The molecule has 0 bridgehead atoms. The van der Waals surface area contributed by atoms with Crippen molar-refractivity contribution in [2.75, 3.05) is 0 Å². The molecule has 0 aliphatic carbocycles. The molecule has 0 aliphatic rings. The summed E-state index contributed by atoms with van der Waals surface area (Å²) in [5.41, 5.74) is 0.867. The van der Waals surface area contributed by atoms with Crippen molar-refractivity contribution in [3.63, 3.8) is 0 Å². The lowest BCUT2D eigenvalue weighted by atomic mass is 10.1. The third-order valence-electron chi connectivity index (χ3n) is 3.94. The zero-order valence-electron chi connectivity index (χ0n) is 14.5. The Kier molecular flexibility index (Phi) is 5.26. The maximum atomic E-state index is 12.7. The molecule has 0 saturated heterocycles. The monoisotopic (exact) mass is 438 g/mol. The predicted octanol–water partition coefficient (Wildman–Crippen LogP) is 5.98. The third-order valence-corrected chi connectivity index (χ3v) is 6.80. The van der Waals surface area contributed by atoms with Gasteiger partial charge in [-0.2, -0.15) is 13.2 Å². The topological polar surface area (TPSA) is 43.6 Å². The fraction of sp³-hybridized carbons (Fsp3) is 0.167. The van der Waals surface area contributed by atoms with Gasteiger partial charge in [-0.15, -0.1) is 32.9 Å². The van der Waals surface area contributed by atoms with Crippen molar-refractivity contribution >= 4 is 34.4 Å². The first kappa shape index (κ1) is 19.2. The van der Waals surface area contributed by atoms with Gasteiger partial charge >= 0.3 is 6.18 Å². The minimum Gasteiger partial charge on any atom is -0.304 e. The summed E-state index contributed by atoms with van der Waals surface area (Å²) in [7, 11) is 1.92. The van der Waals surface area contributed by atoms with Crippen LogP contribution in [0.1, 0.15) is 11.3 Å². The summed E-state index contributed by atoms with van der Waals surface area (Å²) in [5.74, 6) is 1.43. The molecule has 1 aromatic carbocycles. The van der Waals surface area contributed by atoms with Crippen LogP contribution in [0.25, 0.3) is 21.3 Å². The van der Waals surface area contributed by atoms with Crippen LogP contribution in [-0.2, 0) is 19.0 Å². The van der Waals surface area contributed by atoms with Gasteiger partial charge in [-0.05, 0) is 23.6 Å². The number of rotatable bonds is 5.